The van der Waals surface area contributed by atoms with Crippen LogP contribution in [0.2, 0.25) is 0 Å². The largest absolute Gasteiger partial charge is 0.469 e. The predicted molar refractivity (Wildman–Crippen MR) is 64.3 cm³/mol. The zero-order valence-electron chi connectivity index (χ0n) is 10.3. The number of ether oxygens (including phenoxy) is 1. The van der Waals surface area contributed by atoms with Gasteiger partial charge < -0.3 is 10.1 Å². The minimum absolute atomic E-state index is 0.0989. The van der Waals surface area contributed by atoms with Gasteiger partial charge in [-0.3, -0.25) is 9.78 Å². The van der Waals surface area contributed by atoms with E-state index in [1.165, 1.54) is 7.11 Å². The van der Waals surface area contributed by atoms with E-state index >= 15 is 0 Å². The van der Waals surface area contributed by atoms with E-state index in [1.807, 2.05) is 18.2 Å². The molecule has 1 aromatic rings. The minimum atomic E-state index is -0.280. The van der Waals surface area contributed by atoms with E-state index in [-0.39, 0.29) is 17.4 Å². The number of carbonyl (C=O) groups excluding carboxylic acids is 1. The van der Waals surface area contributed by atoms with E-state index < -0.39 is 0 Å². The van der Waals surface area contributed by atoms with Crippen LogP contribution in [0, 0.1) is 5.41 Å². The van der Waals surface area contributed by atoms with Crippen LogP contribution in [-0.2, 0) is 9.53 Å². The van der Waals surface area contributed by atoms with Crippen LogP contribution in [0.25, 0.3) is 0 Å². The fraction of sp³-hybridized carbons (Fsp3) is 0.538. The van der Waals surface area contributed by atoms with E-state index in [4.69, 9.17) is 4.74 Å². The molecule has 1 atom stereocenters. The number of rotatable bonds is 5. The van der Waals surface area contributed by atoms with Crippen LogP contribution in [0.5, 0.6) is 0 Å². The maximum atomic E-state index is 11.6. The van der Waals surface area contributed by atoms with Crippen molar-refractivity contribution in [2.75, 3.05) is 13.7 Å². The van der Waals surface area contributed by atoms with Gasteiger partial charge in [-0.25, -0.2) is 0 Å². The lowest BCUT2D eigenvalue weighted by atomic mass is 10.1. The number of methoxy groups -OCH3 is 1. The zero-order chi connectivity index (χ0) is 12.3. The topological polar surface area (TPSA) is 51.2 Å². The molecule has 4 heteroatoms. The highest BCUT2D eigenvalue weighted by Gasteiger charge is 2.50. The van der Waals surface area contributed by atoms with Gasteiger partial charge in [0.05, 0.1) is 18.2 Å². The highest BCUT2D eigenvalue weighted by molar-refractivity contribution is 5.80. The summed E-state index contributed by atoms with van der Waals surface area (Å²) in [7, 11) is 1.45. The fourth-order valence-corrected chi connectivity index (χ4v) is 1.91. The average Bonchev–Trinajstić information content (AvgIpc) is 3.17. The summed E-state index contributed by atoms with van der Waals surface area (Å²) < 4.78 is 4.82. The first-order chi connectivity index (χ1) is 8.18. The van der Waals surface area contributed by atoms with Crippen LogP contribution in [0.4, 0.5) is 0 Å². The Bertz CT molecular complexity index is 388. The maximum absolute atomic E-state index is 11.6. The molecule has 0 aromatic carbocycles. The molecule has 0 spiro atoms. The van der Waals surface area contributed by atoms with Crippen molar-refractivity contribution in [1.82, 2.24) is 10.3 Å². The van der Waals surface area contributed by atoms with E-state index in [9.17, 15) is 4.79 Å². The Morgan fingerprint density at radius 2 is 2.35 bits per heavy atom. The number of aromatic nitrogens is 1. The minimum Gasteiger partial charge on any atom is -0.469 e. The second-order valence-electron chi connectivity index (χ2n) is 4.63. The van der Waals surface area contributed by atoms with Crippen LogP contribution < -0.4 is 5.32 Å². The third-order valence-corrected chi connectivity index (χ3v) is 3.35. The Kier molecular flexibility index (Phi) is 3.43. The highest BCUT2D eigenvalue weighted by Crippen LogP contribution is 2.46. The van der Waals surface area contributed by atoms with Gasteiger partial charge in [0.1, 0.15) is 0 Å². The van der Waals surface area contributed by atoms with Gasteiger partial charge in [0.2, 0.25) is 0 Å². The van der Waals surface area contributed by atoms with E-state index in [2.05, 4.69) is 17.2 Å². The van der Waals surface area contributed by atoms with Crippen LogP contribution in [0.15, 0.2) is 24.4 Å². The van der Waals surface area contributed by atoms with Crippen molar-refractivity contribution in [3.05, 3.63) is 30.1 Å². The SMILES string of the molecule is COC(=O)C1(CN[C@@H](C)c2ccccn2)CC1. The summed E-state index contributed by atoms with van der Waals surface area (Å²) in [5.41, 5.74) is 0.714. The Morgan fingerprint density at radius 3 is 2.88 bits per heavy atom. The van der Waals surface area contributed by atoms with Crippen molar-refractivity contribution in [1.29, 1.82) is 0 Å². The quantitative estimate of drug-likeness (QED) is 0.788. The van der Waals surface area contributed by atoms with Crippen LogP contribution in [0.3, 0.4) is 0 Å². The molecular weight excluding hydrogens is 216 g/mol. The molecule has 0 radical (unpaired) electrons. The molecule has 0 bridgehead atoms. The van der Waals surface area contributed by atoms with E-state index in [0.717, 1.165) is 18.5 Å². The zero-order valence-corrected chi connectivity index (χ0v) is 10.3. The summed E-state index contributed by atoms with van der Waals surface area (Å²) in [5.74, 6) is -0.0989. The number of pyridine rings is 1. The molecule has 4 nitrogen and oxygen atoms in total. The first kappa shape index (κ1) is 12.0. The van der Waals surface area contributed by atoms with Crippen LogP contribution in [-0.4, -0.2) is 24.6 Å². The first-order valence-electron chi connectivity index (χ1n) is 5.91. The molecule has 0 saturated heterocycles. The molecule has 1 saturated carbocycles. The van der Waals surface area contributed by atoms with Gasteiger partial charge in [-0.05, 0) is 31.9 Å². The number of hydrogen-bond donors (Lipinski definition) is 1. The maximum Gasteiger partial charge on any atom is 0.313 e. The summed E-state index contributed by atoms with van der Waals surface area (Å²) in [6.45, 7) is 2.72. The van der Waals surface area contributed by atoms with Gasteiger partial charge in [-0.1, -0.05) is 6.07 Å². The molecule has 0 aliphatic heterocycles. The van der Waals surface area contributed by atoms with Crippen LogP contribution >= 0.6 is 0 Å². The summed E-state index contributed by atoms with van der Waals surface area (Å²) in [5, 5.41) is 3.35. The third-order valence-electron chi connectivity index (χ3n) is 3.35. The summed E-state index contributed by atoms with van der Waals surface area (Å²) in [6.07, 6.45) is 3.62. The molecule has 1 fully saturated rings. The molecule has 17 heavy (non-hydrogen) atoms. The molecule has 92 valence electrons. The number of nitrogens with one attached hydrogen (secondary N) is 1. The highest BCUT2D eigenvalue weighted by atomic mass is 16.5. The van der Waals surface area contributed by atoms with Gasteiger partial charge in [0.25, 0.3) is 0 Å². The average molecular weight is 234 g/mol. The Balaban J connectivity index is 1.89. The van der Waals surface area contributed by atoms with Gasteiger partial charge >= 0.3 is 5.97 Å². The monoisotopic (exact) mass is 234 g/mol. The Morgan fingerprint density at radius 1 is 1.59 bits per heavy atom. The number of nitrogens with zero attached hydrogens (tertiary/aromatic N) is 1. The van der Waals surface area contributed by atoms with Gasteiger partial charge in [-0.2, -0.15) is 0 Å². The lowest BCUT2D eigenvalue weighted by Crippen LogP contribution is -2.32. The Labute approximate surface area is 101 Å². The number of carbonyl (C=O) groups is 1. The molecule has 2 rings (SSSR count). The van der Waals surface area contributed by atoms with Crippen molar-refractivity contribution in [2.45, 2.75) is 25.8 Å². The lowest BCUT2D eigenvalue weighted by molar-refractivity contribution is -0.146. The van der Waals surface area contributed by atoms with Crippen molar-refractivity contribution < 1.29 is 9.53 Å². The van der Waals surface area contributed by atoms with Gasteiger partial charge in [0, 0.05) is 18.8 Å². The summed E-state index contributed by atoms with van der Waals surface area (Å²) in [4.78, 5) is 15.9. The van der Waals surface area contributed by atoms with E-state index in [1.54, 1.807) is 6.20 Å². The lowest BCUT2D eigenvalue weighted by Gasteiger charge is -2.18. The van der Waals surface area contributed by atoms with Crippen molar-refractivity contribution in [3.8, 4) is 0 Å². The molecule has 1 aliphatic carbocycles. The van der Waals surface area contributed by atoms with E-state index in [0.29, 0.717) is 6.54 Å². The second-order valence-corrected chi connectivity index (χ2v) is 4.63. The number of esters is 1. The smallest absolute Gasteiger partial charge is 0.313 e. The third kappa shape index (κ3) is 2.64. The van der Waals surface area contributed by atoms with Crippen LogP contribution in [0.1, 0.15) is 31.5 Å². The Hall–Kier alpha value is -1.42. The molecule has 1 N–H and O–H groups in total. The van der Waals surface area contributed by atoms with Gasteiger partial charge in [0.15, 0.2) is 0 Å². The van der Waals surface area contributed by atoms with Crippen molar-refractivity contribution in [3.63, 3.8) is 0 Å². The predicted octanol–water partition coefficient (Wildman–Crippen LogP) is 1.69. The van der Waals surface area contributed by atoms with Gasteiger partial charge in [-0.15, -0.1) is 0 Å². The summed E-state index contributed by atoms with van der Waals surface area (Å²) in [6, 6.07) is 5.99. The molecule has 1 heterocycles. The first-order valence-corrected chi connectivity index (χ1v) is 5.91. The van der Waals surface area contributed by atoms with Crippen molar-refractivity contribution >= 4 is 5.97 Å². The second kappa shape index (κ2) is 4.84. The number of hydrogen-bond acceptors (Lipinski definition) is 4. The fourth-order valence-electron chi connectivity index (χ4n) is 1.91. The summed E-state index contributed by atoms with van der Waals surface area (Å²) >= 11 is 0. The van der Waals surface area contributed by atoms with Crippen molar-refractivity contribution in [2.24, 2.45) is 5.41 Å². The molecular formula is C13H18N2O2. The molecule has 1 aliphatic rings. The molecule has 0 unspecified atom stereocenters. The standard InChI is InChI=1S/C13H18N2O2/c1-10(11-5-3-4-8-14-11)15-9-13(6-7-13)12(16)17-2/h3-5,8,10,15H,6-7,9H2,1-2H3/t10-/m0/s1. The molecule has 1 aromatic heterocycles. The molecule has 0 amide bonds. The normalized spacial score (nSPS) is 18.5.